The van der Waals surface area contributed by atoms with Gasteiger partial charge in [-0.15, -0.1) is 0 Å². The van der Waals surface area contributed by atoms with Crippen LogP contribution in [0.2, 0.25) is 5.02 Å². The molecule has 1 heterocycles. The zero-order chi connectivity index (χ0) is 20.4. The molecule has 2 N–H and O–H groups in total. The fraction of sp³-hybridized carbons (Fsp3) is 0.636. The standard InChI is InChI=1S/C22H31ClN4O2/c1-15(20-12-16-5-6-17(20)11-16)24-22(29)25-21(28)14-26-7-9-27(10-8-26)19-4-2-3-18(23)13-19/h2-4,13,15-17,20H,5-12,14H2,1H3,(H2,24,25,28,29). The first-order valence-corrected chi connectivity index (χ1v) is 11.2. The van der Waals surface area contributed by atoms with Crippen LogP contribution in [-0.4, -0.2) is 55.6 Å². The highest BCUT2D eigenvalue weighted by Crippen LogP contribution is 2.49. The predicted octanol–water partition coefficient (Wildman–Crippen LogP) is 3.11. The van der Waals surface area contributed by atoms with E-state index in [-0.39, 0.29) is 24.5 Å². The second kappa shape index (κ2) is 8.92. The van der Waals surface area contributed by atoms with Crippen LogP contribution in [0.1, 0.15) is 32.6 Å². The SMILES string of the molecule is CC(NC(=O)NC(=O)CN1CCN(c2cccc(Cl)c2)CC1)C1CC2CCC1C2. The summed E-state index contributed by atoms with van der Waals surface area (Å²) in [4.78, 5) is 28.9. The largest absolute Gasteiger partial charge is 0.369 e. The second-order valence-corrected chi connectivity index (χ2v) is 9.33. The Balaban J connectivity index is 1.18. The Kier molecular flexibility index (Phi) is 6.30. The first-order chi connectivity index (χ1) is 14.0. The van der Waals surface area contributed by atoms with E-state index in [1.54, 1.807) is 0 Å². The lowest BCUT2D eigenvalue weighted by molar-refractivity contribution is -0.121. The van der Waals surface area contributed by atoms with Gasteiger partial charge in [-0.3, -0.25) is 15.0 Å². The van der Waals surface area contributed by atoms with E-state index < -0.39 is 0 Å². The monoisotopic (exact) mass is 418 g/mol. The van der Waals surface area contributed by atoms with Crippen molar-refractivity contribution in [3.63, 3.8) is 0 Å². The van der Waals surface area contributed by atoms with Crippen LogP contribution in [-0.2, 0) is 4.79 Å². The summed E-state index contributed by atoms with van der Waals surface area (Å²) in [5.41, 5.74) is 1.11. The molecule has 0 radical (unpaired) electrons. The van der Waals surface area contributed by atoms with Crippen molar-refractivity contribution >= 4 is 29.2 Å². The molecule has 3 aliphatic rings. The summed E-state index contributed by atoms with van der Waals surface area (Å²) >= 11 is 6.08. The number of anilines is 1. The minimum absolute atomic E-state index is 0.124. The Morgan fingerprint density at radius 1 is 1.17 bits per heavy atom. The second-order valence-electron chi connectivity index (χ2n) is 8.89. The first kappa shape index (κ1) is 20.5. The molecule has 0 aromatic heterocycles. The van der Waals surface area contributed by atoms with Crippen molar-refractivity contribution in [2.75, 3.05) is 37.6 Å². The Morgan fingerprint density at radius 3 is 2.62 bits per heavy atom. The number of carbonyl (C=O) groups is 2. The van der Waals surface area contributed by atoms with Crippen LogP contribution in [0, 0.1) is 17.8 Å². The summed E-state index contributed by atoms with van der Waals surface area (Å²) in [6.45, 7) is 5.55. The molecule has 0 spiro atoms. The van der Waals surface area contributed by atoms with Crippen molar-refractivity contribution in [1.29, 1.82) is 0 Å². The van der Waals surface area contributed by atoms with E-state index in [4.69, 9.17) is 11.6 Å². The average Bonchev–Trinajstić information content (AvgIpc) is 3.32. The third kappa shape index (κ3) is 5.04. The van der Waals surface area contributed by atoms with Gasteiger partial charge in [0.1, 0.15) is 0 Å². The van der Waals surface area contributed by atoms with Gasteiger partial charge in [-0.25, -0.2) is 4.79 Å². The number of nitrogens with one attached hydrogen (secondary N) is 2. The van der Waals surface area contributed by atoms with Crippen LogP contribution in [0.25, 0.3) is 0 Å². The van der Waals surface area contributed by atoms with Gasteiger partial charge in [0, 0.05) is 42.9 Å². The lowest BCUT2D eigenvalue weighted by Crippen LogP contribution is -2.52. The van der Waals surface area contributed by atoms with Crippen LogP contribution in [0.3, 0.4) is 0 Å². The van der Waals surface area contributed by atoms with Crippen molar-refractivity contribution in [3.8, 4) is 0 Å². The molecule has 1 aromatic rings. The maximum Gasteiger partial charge on any atom is 0.321 e. The molecule has 3 amide bonds. The molecule has 2 aliphatic carbocycles. The number of hydrogen-bond acceptors (Lipinski definition) is 4. The van der Waals surface area contributed by atoms with Gasteiger partial charge in [0.05, 0.1) is 6.54 Å². The van der Waals surface area contributed by atoms with Gasteiger partial charge >= 0.3 is 6.03 Å². The van der Waals surface area contributed by atoms with Crippen LogP contribution in [0.5, 0.6) is 0 Å². The molecule has 1 aliphatic heterocycles. The topological polar surface area (TPSA) is 64.7 Å². The molecule has 29 heavy (non-hydrogen) atoms. The first-order valence-electron chi connectivity index (χ1n) is 10.8. The maximum atomic E-state index is 12.3. The van der Waals surface area contributed by atoms with Gasteiger partial charge < -0.3 is 10.2 Å². The van der Waals surface area contributed by atoms with Gasteiger partial charge in [-0.1, -0.05) is 24.1 Å². The van der Waals surface area contributed by atoms with Crippen molar-refractivity contribution in [1.82, 2.24) is 15.5 Å². The summed E-state index contributed by atoms with van der Waals surface area (Å²) in [5.74, 6) is 1.93. The summed E-state index contributed by atoms with van der Waals surface area (Å²) in [5, 5.41) is 6.24. The van der Waals surface area contributed by atoms with Crippen LogP contribution in [0.15, 0.2) is 24.3 Å². The van der Waals surface area contributed by atoms with Gasteiger partial charge in [-0.05, 0) is 62.1 Å². The molecular formula is C22H31ClN4O2. The molecule has 2 saturated carbocycles. The third-order valence-corrected chi connectivity index (χ3v) is 7.19. The van der Waals surface area contributed by atoms with Crippen molar-refractivity contribution in [2.45, 2.75) is 38.6 Å². The van der Waals surface area contributed by atoms with E-state index in [0.717, 1.165) is 48.7 Å². The Morgan fingerprint density at radius 2 is 1.97 bits per heavy atom. The number of piperazine rings is 1. The summed E-state index contributed by atoms with van der Waals surface area (Å²) in [6.07, 6.45) is 5.18. The predicted molar refractivity (Wildman–Crippen MR) is 115 cm³/mol. The Bertz CT molecular complexity index is 750. The van der Waals surface area contributed by atoms with Gasteiger partial charge in [0.2, 0.25) is 5.91 Å². The minimum Gasteiger partial charge on any atom is -0.369 e. The van der Waals surface area contributed by atoms with Crippen molar-refractivity contribution in [3.05, 3.63) is 29.3 Å². The molecule has 158 valence electrons. The Labute approximate surface area is 177 Å². The number of nitrogens with zero attached hydrogens (tertiary/aromatic N) is 2. The smallest absolute Gasteiger partial charge is 0.321 e. The van der Waals surface area contributed by atoms with E-state index in [0.29, 0.717) is 5.92 Å². The summed E-state index contributed by atoms with van der Waals surface area (Å²) < 4.78 is 0. The highest BCUT2D eigenvalue weighted by molar-refractivity contribution is 6.30. The number of carbonyl (C=O) groups excluding carboxylic acids is 2. The highest BCUT2D eigenvalue weighted by Gasteiger charge is 2.42. The van der Waals surface area contributed by atoms with Crippen molar-refractivity contribution in [2.24, 2.45) is 17.8 Å². The highest BCUT2D eigenvalue weighted by atomic mass is 35.5. The normalized spacial score (nSPS) is 27.7. The molecule has 7 heteroatoms. The quantitative estimate of drug-likeness (QED) is 0.771. The van der Waals surface area contributed by atoms with Gasteiger partial charge in [0.15, 0.2) is 0 Å². The van der Waals surface area contributed by atoms with Crippen LogP contribution < -0.4 is 15.5 Å². The zero-order valence-corrected chi connectivity index (χ0v) is 17.8. The molecule has 1 aromatic carbocycles. The molecule has 4 unspecified atom stereocenters. The summed E-state index contributed by atoms with van der Waals surface area (Å²) in [6, 6.07) is 7.60. The average molecular weight is 419 g/mol. The fourth-order valence-electron chi connectivity index (χ4n) is 5.46. The number of hydrogen-bond donors (Lipinski definition) is 2. The van der Waals surface area contributed by atoms with Crippen molar-refractivity contribution < 1.29 is 9.59 Å². The van der Waals surface area contributed by atoms with E-state index in [1.165, 1.54) is 25.7 Å². The number of amides is 3. The van der Waals surface area contributed by atoms with E-state index >= 15 is 0 Å². The molecule has 3 fully saturated rings. The van der Waals surface area contributed by atoms with Gasteiger partial charge in [-0.2, -0.15) is 0 Å². The molecule has 1 saturated heterocycles. The van der Waals surface area contributed by atoms with E-state index in [2.05, 4.69) is 33.4 Å². The fourth-order valence-corrected chi connectivity index (χ4v) is 5.65. The maximum absolute atomic E-state index is 12.3. The zero-order valence-electron chi connectivity index (χ0n) is 17.1. The number of imide groups is 1. The third-order valence-electron chi connectivity index (χ3n) is 6.96. The Hall–Kier alpha value is -1.79. The molecule has 4 rings (SSSR count). The lowest BCUT2D eigenvalue weighted by Gasteiger charge is -2.35. The summed E-state index contributed by atoms with van der Waals surface area (Å²) in [7, 11) is 0. The number of halogens is 1. The lowest BCUT2D eigenvalue weighted by atomic mass is 9.84. The number of rotatable bonds is 5. The molecule has 4 atom stereocenters. The minimum atomic E-state index is -0.358. The van der Waals surface area contributed by atoms with E-state index in [1.807, 2.05) is 18.2 Å². The number of fused-ring (bicyclic) bond motifs is 2. The number of benzene rings is 1. The van der Waals surface area contributed by atoms with Gasteiger partial charge in [0.25, 0.3) is 0 Å². The molecule has 6 nitrogen and oxygen atoms in total. The van der Waals surface area contributed by atoms with E-state index in [9.17, 15) is 9.59 Å². The molecule has 2 bridgehead atoms. The number of urea groups is 1. The van der Waals surface area contributed by atoms with Crippen LogP contribution >= 0.6 is 11.6 Å². The molecular weight excluding hydrogens is 388 g/mol. The van der Waals surface area contributed by atoms with Crippen LogP contribution in [0.4, 0.5) is 10.5 Å².